The van der Waals surface area contributed by atoms with Crippen molar-refractivity contribution in [1.82, 2.24) is 0 Å². The van der Waals surface area contributed by atoms with Crippen LogP contribution in [0.4, 0.5) is 0 Å². The zero-order valence-electron chi connectivity index (χ0n) is 14.5. The Hall–Kier alpha value is 0.400. The van der Waals surface area contributed by atoms with Crippen molar-refractivity contribution in [2.45, 2.75) is 103 Å². The van der Waals surface area contributed by atoms with Gasteiger partial charge in [0.1, 0.15) is 0 Å². The summed E-state index contributed by atoms with van der Waals surface area (Å²) in [6.45, 7) is 1.78. The van der Waals surface area contributed by atoms with E-state index in [4.69, 9.17) is 9.47 Å². The van der Waals surface area contributed by atoms with E-state index in [1.807, 2.05) is 0 Å². The van der Waals surface area contributed by atoms with Crippen LogP contribution in [0.25, 0.3) is 0 Å². The van der Waals surface area contributed by atoms with E-state index >= 15 is 0 Å². The lowest BCUT2D eigenvalue weighted by Gasteiger charge is -2.22. The van der Waals surface area contributed by atoms with Gasteiger partial charge in [-0.15, -0.1) is 0 Å². The predicted molar refractivity (Wildman–Crippen MR) is 98.7 cm³/mol. The molecule has 0 N–H and O–H groups in total. The van der Waals surface area contributed by atoms with Gasteiger partial charge in [-0.3, -0.25) is 0 Å². The number of unbranched alkanes of at least 4 members (excludes halogenated alkanes) is 11. The van der Waals surface area contributed by atoms with E-state index in [2.05, 4.69) is 15.9 Å². The maximum atomic E-state index is 5.76. The number of alkyl halides is 1. The first-order valence-electron chi connectivity index (χ1n) is 9.72. The van der Waals surface area contributed by atoms with E-state index in [0.717, 1.165) is 19.6 Å². The molecule has 0 radical (unpaired) electrons. The minimum absolute atomic E-state index is 0.100. The van der Waals surface area contributed by atoms with Crippen molar-refractivity contribution in [2.75, 3.05) is 18.5 Å². The van der Waals surface area contributed by atoms with Crippen LogP contribution in [0.3, 0.4) is 0 Å². The highest BCUT2D eigenvalue weighted by Gasteiger charge is 2.13. The van der Waals surface area contributed by atoms with Gasteiger partial charge in [0.05, 0.1) is 0 Å². The lowest BCUT2D eigenvalue weighted by molar-refractivity contribution is -0.162. The minimum Gasteiger partial charge on any atom is -0.353 e. The molecule has 0 bridgehead atoms. The zero-order chi connectivity index (χ0) is 15.7. The van der Waals surface area contributed by atoms with Crippen molar-refractivity contribution in [3.63, 3.8) is 0 Å². The van der Waals surface area contributed by atoms with Crippen LogP contribution in [0.2, 0.25) is 0 Å². The molecule has 0 amide bonds. The molecule has 0 aromatic heterocycles. The van der Waals surface area contributed by atoms with Gasteiger partial charge in [0.25, 0.3) is 0 Å². The van der Waals surface area contributed by atoms with Gasteiger partial charge in [-0.25, -0.2) is 0 Å². The Morgan fingerprint density at radius 3 is 1.77 bits per heavy atom. The topological polar surface area (TPSA) is 18.5 Å². The summed E-state index contributed by atoms with van der Waals surface area (Å²) < 4.78 is 11.3. The Kier molecular flexibility index (Phi) is 15.1. The van der Waals surface area contributed by atoms with Gasteiger partial charge < -0.3 is 9.47 Å². The number of hydrogen-bond acceptors (Lipinski definition) is 2. The van der Waals surface area contributed by atoms with Gasteiger partial charge in [-0.1, -0.05) is 80.1 Å². The molecule has 1 unspecified atom stereocenters. The van der Waals surface area contributed by atoms with Crippen molar-refractivity contribution in [2.24, 2.45) is 0 Å². The maximum Gasteiger partial charge on any atom is 0.157 e. The molecular formula is C19H37BrO2. The molecular weight excluding hydrogens is 340 g/mol. The first kappa shape index (κ1) is 20.4. The molecule has 0 aromatic rings. The summed E-state index contributed by atoms with van der Waals surface area (Å²) >= 11 is 3.49. The fourth-order valence-corrected chi connectivity index (χ4v) is 3.42. The second-order valence-corrected chi connectivity index (χ2v) is 7.39. The molecule has 1 aliphatic rings. The molecule has 1 saturated heterocycles. The summed E-state index contributed by atoms with van der Waals surface area (Å²) in [6, 6.07) is 0. The van der Waals surface area contributed by atoms with Gasteiger partial charge in [0.2, 0.25) is 0 Å². The van der Waals surface area contributed by atoms with Crippen LogP contribution in [0.1, 0.15) is 96.3 Å². The summed E-state index contributed by atoms with van der Waals surface area (Å²) in [6.07, 6.45) is 20.3. The van der Waals surface area contributed by atoms with E-state index in [1.165, 1.54) is 95.2 Å². The molecule has 0 aromatic carbocycles. The van der Waals surface area contributed by atoms with Gasteiger partial charge in [0.15, 0.2) is 6.29 Å². The predicted octanol–water partition coefficient (Wildman–Crippen LogP) is 6.61. The van der Waals surface area contributed by atoms with Crippen LogP contribution < -0.4 is 0 Å². The normalized spacial score (nSPS) is 18.7. The SMILES string of the molecule is BrCCCCCCCCCCCCCCOC1CCCCO1. The van der Waals surface area contributed by atoms with Crippen LogP contribution in [-0.2, 0) is 9.47 Å². The average molecular weight is 377 g/mol. The molecule has 3 heteroatoms. The highest BCUT2D eigenvalue weighted by molar-refractivity contribution is 9.09. The Morgan fingerprint density at radius 1 is 0.727 bits per heavy atom. The summed E-state index contributed by atoms with van der Waals surface area (Å²) in [5.41, 5.74) is 0. The molecule has 1 rings (SSSR count). The van der Waals surface area contributed by atoms with Gasteiger partial charge in [-0.05, 0) is 32.1 Å². The largest absolute Gasteiger partial charge is 0.353 e. The fraction of sp³-hybridized carbons (Fsp3) is 1.00. The Bertz CT molecular complexity index is 217. The second kappa shape index (κ2) is 16.3. The van der Waals surface area contributed by atoms with Crippen molar-refractivity contribution in [3.8, 4) is 0 Å². The van der Waals surface area contributed by atoms with E-state index in [1.54, 1.807) is 0 Å². The third kappa shape index (κ3) is 12.9. The van der Waals surface area contributed by atoms with Crippen LogP contribution in [0, 0.1) is 0 Å². The zero-order valence-corrected chi connectivity index (χ0v) is 16.1. The van der Waals surface area contributed by atoms with Crippen molar-refractivity contribution < 1.29 is 9.47 Å². The highest BCUT2D eigenvalue weighted by atomic mass is 79.9. The van der Waals surface area contributed by atoms with Crippen LogP contribution in [-0.4, -0.2) is 24.8 Å². The molecule has 22 heavy (non-hydrogen) atoms. The lowest BCUT2D eigenvalue weighted by atomic mass is 10.1. The Labute approximate surface area is 146 Å². The van der Waals surface area contributed by atoms with Crippen LogP contribution in [0.15, 0.2) is 0 Å². The highest BCUT2D eigenvalue weighted by Crippen LogP contribution is 2.15. The summed E-state index contributed by atoms with van der Waals surface area (Å²) in [7, 11) is 0. The number of halogens is 1. The van der Waals surface area contributed by atoms with Crippen molar-refractivity contribution >= 4 is 15.9 Å². The molecule has 132 valence electrons. The van der Waals surface area contributed by atoms with E-state index < -0.39 is 0 Å². The minimum atomic E-state index is 0.100. The monoisotopic (exact) mass is 376 g/mol. The number of hydrogen-bond donors (Lipinski definition) is 0. The fourth-order valence-electron chi connectivity index (χ4n) is 3.02. The first-order chi connectivity index (χ1) is 10.9. The van der Waals surface area contributed by atoms with Crippen LogP contribution >= 0.6 is 15.9 Å². The van der Waals surface area contributed by atoms with E-state index in [-0.39, 0.29) is 6.29 Å². The maximum absolute atomic E-state index is 5.76. The first-order valence-corrected chi connectivity index (χ1v) is 10.8. The number of rotatable bonds is 15. The Morgan fingerprint density at radius 2 is 1.27 bits per heavy atom. The molecule has 2 nitrogen and oxygen atoms in total. The summed E-state index contributed by atoms with van der Waals surface area (Å²) in [5.74, 6) is 0. The molecule has 0 saturated carbocycles. The molecule has 1 aliphatic heterocycles. The van der Waals surface area contributed by atoms with Crippen molar-refractivity contribution in [1.29, 1.82) is 0 Å². The smallest absolute Gasteiger partial charge is 0.157 e. The average Bonchev–Trinajstić information content (AvgIpc) is 2.56. The summed E-state index contributed by atoms with van der Waals surface area (Å²) in [5, 5.41) is 1.17. The van der Waals surface area contributed by atoms with E-state index in [0.29, 0.717) is 0 Å². The number of ether oxygens (including phenoxy) is 2. The molecule has 1 fully saturated rings. The van der Waals surface area contributed by atoms with Crippen molar-refractivity contribution in [3.05, 3.63) is 0 Å². The van der Waals surface area contributed by atoms with Gasteiger partial charge in [0, 0.05) is 18.5 Å². The third-order valence-electron chi connectivity index (χ3n) is 4.47. The van der Waals surface area contributed by atoms with Crippen LogP contribution in [0.5, 0.6) is 0 Å². The van der Waals surface area contributed by atoms with Gasteiger partial charge >= 0.3 is 0 Å². The molecule has 0 aliphatic carbocycles. The van der Waals surface area contributed by atoms with Gasteiger partial charge in [-0.2, -0.15) is 0 Å². The third-order valence-corrected chi connectivity index (χ3v) is 5.03. The standard InChI is InChI=1S/C19H37BrO2/c20-16-12-9-7-5-3-1-2-4-6-8-10-13-17-21-19-15-11-14-18-22-19/h19H,1-18H2. The lowest BCUT2D eigenvalue weighted by Crippen LogP contribution is -2.22. The second-order valence-electron chi connectivity index (χ2n) is 6.60. The molecule has 1 heterocycles. The van der Waals surface area contributed by atoms with E-state index in [9.17, 15) is 0 Å². The Balaban J connectivity index is 1.68. The quantitative estimate of drug-likeness (QED) is 0.236. The molecule has 0 spiro atoms. The molecule has 1 atom stereocenters. The summed E-state index contributed by atoms with van der Waals surface area (Å²) in [4.78, 5) is 0.